The van der Waals surface area contributed by atoms with E-state index in [0.29, 0.717) is 12.6 Å². The van der Waals surface area contributed by atoms with E-state index in [2.05, 4.69) is 37.0 Å². The van der Waals surface area contributed by atoms with Gasteiger partial charge in [-0.2, -0.15) is 5.10 Å². The maximum atomic E-state index is 5.97. The van der Waals surface area contributed by atoms with E-state index in [9.17, 15) is 0 Å². The average Bonchev–Trinajstić information content (AvgIpc) is 2.60. The van der Waals surface area contributed by atoms with Crippen molar-refractivity contribution in [3.8, 4) is 0 Å². The van der Waals surface area contributed by atoms with Gasteiger partial charge in [-0.15, -0.1) is 0 Å². The Morgan fingerprint density at radius 1 is 1.35 bits per heavy atom. The Morgan fingerprint density at radius 2 is 1.94 bits per heavy atom. The zero-order valence-electron chi connectivity index (χ0n) is 11.6. The van der Waals surface area contributed by atoms with Crippen molar-refractivity contribution in [2.45, 2.75) is 39.7 Å². The Bertz CT molecular complexity index is 326. The molecule has 1 unspecified atom stereocenters. The number of aromatic nitrogens is 2. The van der Waals surface area contributed by atoms with Gasteiger partial charge in [-0.25, -0.2) is 0 Å². The van der Waals surface area contributed by atoms with Crippen LogP contribution in [0.3, 0.4) is 0 Å². The van der Waals surface area contributed by atoms with Gasteiger partial charge < -0.3 is 5.73 Å². The van der Waals surface area contributed by atoms with Crippen molar-refractivity contribution in [3.63, 3.8) is 0 Å². The largest absolute Gasteiger partial charge is 0.329 e. The van der Waals surface area contributed by atoms with Crippen LogP contribution in [0.2, 0.25) is 0 Å². The quantitative estimate of drug-likeness (QED) is 0.788. The highest BCUT2D eigenvalue weighted by Gasteiger charge is 2.21. The van der Waals surface area contributed by atoms with Crippen molar-refractivity contribution in [3.05, 3.63) is 17.5 Å². The average molecular weight is 238 g/mol. The summed E-state index contributed by atoms with van der Waals surface area (Å²) in [5, 5.41) is 4.42. The van der Waals surface area contributed by atoms with E-state index in [1.165, 1.54) is 5.56 Å². The molecule has 0 aliphatic heterocycles. The van der Waals surface area contributed by atoms with Gasteiger partial charge in [-0.05, 0) is 32.9 Å². The minimum Gasteiger partial charge on any atom is -0.329 e. The third kappa shape index (κ3) is 3.54. The third-order valence-electron chi connectivity index (χ3n) is 3.10. The fourth-order valence-electron chi connectivity index (χ4n) is 2.42. The second kappa shape index (κ2) is 6.77. The van der Waals surface area contributed by atoms with Gasteiger partial charge in [-0.1, -0.05) is 13.8 Å². The zero-order valence-corrected chi connectivity index (χ0v) is 11.6. The van der Waals surface area contributed by atoms with Crippen molar-refractivity contribution >= 4 is 0 Å². The van der Waals surface area contributed by atoms with Crippen LogP contribution in [0.5, 0.6) is 0 Å². The highest BCUT2D eigenvalue weighted by molar-refractivity contribution is 5.20. The normalized spacial score (nSPS) is 13.3. The van der Waals surface area contributed by atoms with E-state index in [0.717, 1.165) is 31.6 Å². The van der Waals surface area contributed by atoms with Crippen molar-refractivity contribution in [1.29, 1.82) is 0 Å². The Morgan fingerprint density at radius 3 is 2.29 bits per heavy atom. The summed E-state index contributed by atoms with van der Waals surface area (Å²) in [4.78, 5) is 2.48. The molecule has 0 fully saturated rings. The molecule has 0 aliphatic carbocycles. The summed E-state index contributed by atoms with van der Waals surface area (Å²) in [5.74, 6) is 0. The predicted molar refractivity (Wildman–Crippen MR) is 71.9 cm³/mol. The Labute approximate surface area is 105 Å². The molecular weight excluding hydrogens is 212 g/mol. The summed E-state index contributed by atoms with van der Waals surface area (Å²) in [5.41, 5.74) is 8.34. The summed E-state index contributed by atoms with van der Waals surface area (Å²) < 4.78 is 1.88. The molecule has 0 aromatic carbocycles. The first kappa shape index (κ1) is 14.2. The van der Waals surface area contributed by atoms with Gasteiger partial charge in [0, 0.05) is 25.4 Å². The van der Waals surface area contributed by atoms with Crippen molar-refractivity contribution in [1.82, 2.24) is 14.7 Å². The first-order valence-corrected chi connectivity index (χ1v) is 6.58. The Balaban J connectivity index is 2.90. The van der Waals surface area contributed by atoms with E-state index >= 15 is 0 Å². The molecule has 4 nitrogen and oxygen atoms in total. The highest BCUT2D eigenvalue weighted by Crippen LogP contribution is 2.22. The molecule has 1 rings (SSSR count). The molecule has 1 aromatic rings. The van der Waals surface area contributed by atoms with Crippen LogP contribution in [0.1, 0.15) is 44.0 Å². The Hall–Kier alpha value is -0.870. The molecule has 0 aliphatic rings. The molecule has 0 bridgehead atoms. The van der Waals surface area contributed by atoms with Crippen LogP contribution < -0.4 is 5.73 Å². The minimum absolute atomic E-state index is 0.309. The van der Waals surface area contributed by atoms with E-state index in [1.54, 1.807) is 0 Å². The molecule has 0 radical (unpaired) electrons. The maximum Gasteiger partial charge on any atom is 0.0641 e. The summed E-state index contributed by atoms with van der Waals surface area (Å²) >= 11 is 0. The van der Waals surface area contributed by atoms with Gasteiger partial charge >= 0.3 is 0 Å². The number of nitrogens with two attached hydrogens (primary N) is 1. The number of nitrogens with zero attached hydrogens (tertiary/aromatic N) is 3. The predicted octanol–water partition coefficient (Wildman–Crippen LogP) is 1.85. The molecule has 1 atom stereocenters. The monoisotopic (exact) mass is 238 g/mol. The van der Waals surface area contributed by atoms with Gasteiger partial charge in [0.15, 0.2) is 0 Å². The van der Waals surface area contributed by atoms with Crippen LogP contribution in [-0.4, -0.2) is 34.3 Å². The smallest absolute Gasteiger partial charge is 0.0641 e. The lowest BCUT2D eigenvalue weighted by molar-refractivity contribution is 0.201. The van der Waals surface area contributed by atoms with Gasteiger partial charge in [0.1, 0.15) is 0 Å². The lowest BCUT2D eigenvalue weighted by atomic mass is 10.1. The van der Waals surface area contributed by atoms with E-state index in [1.807, 2.05) is 11.7 Å². The van der Waals surface area contributed by atoms with E-state index < -0.39 is 0 Å². The molecule has 4 heteroatoms. The molecular formula is C13H26N4. The highest BCUT2D eigenvalue weighted by atomic mass is 15.3. The molecule has 2 N–H and O–H groups in total. The topological polar surface area (TPSA) is 47.1 Å². The van der Waals surface area contributed by atoms with Crippen LogP contribution in [0.25, 0.3) is 0 Å². The summed E-state index contributed by atoms with van der Waals surface area (Å²) in [6.45, 7) is 9.35. The van der Waals surface area contributed by atoms with Gasteiger partial charge in [0.05, 0.1) is 11.7 Å². The SMILES string of the molecule is CCCN(CCC)C(CN)c1cn(C)nc1C. The fraction of sp³-hybridized carbons (Fsp3) is 0.769. The standard InChI is InChI=1S/C13H26N4/c1-5-7-17(8-6-2)13(9-14)12-10-16(4)15-11(12)3/h10,13H,5-9,14H2,1-4H3. The van der Waals surface area contributed by atoms with Crippen LogP contribution >= 0.6 is 0 Å². The molecule has 0 saturated heterocycles. The van der Waals surface area contributed by atoms with Crippen molar-refractivity contribution in [2.75, 3.05) is 19.6 Å². The van der Waals surface area contributed by atoms with Crippen LogP contribution in [-0.2, 0) is 7.05 Å². The lowest BCUT2D eigenvalue weighted by Gasteiger charge is -2.30. The van der Waals surface area contributed by atoms with Crippen molar-refractivity contribution in [2.24, 2.45) is 12.8 Å². The summed E-state index contributed by atoms with van der Waals surface area (Å²) in [7, 11) is 1.97. The molecule has 98 valence electrons. The van der Waals surface area contributed by atoms with Crippen LogP contribution in [0.4, 0.5) is 0 Å². The second-order valence-electron chi connectivity index (χ2n) is 4.63. The molecule has 1 aromatic heterocycles. The third-order valence-corrected chi connectivity index (χ3v) is 3.10. The fourth-order valence-corrected chi connectivity index (χ4v) is 2.42. The summed E-state index contributed by atoms with van der Waals surface area (Å²) in [6, 6.07) is 0.309. The van der Waals surface area contributed by atoms with Gasteiger partial charge in [-0.3, -0.25) is 9.58 Å². The number of aryl methyl sites for hydroxylation is 2. The summed E-state index contributed by atoms with van der Waals surface area (Å²) in [6.07, 6.45) is 4.43. The van der Waals surface area contributed by atoms with Crippen molar-refractivity contribution < 1.29 is 0 Å². The lowest BCUT2D eigenvalue weighted by Crippen LogP contribution is -2.35. The molecule has 0 spiro atoms. The second-order valence-corrected chi connectivity index (χ2v) is 4.63. The first-order valence-electron chi connectivity index (χ1n) is 6.58. The van der Waals surface area contributed by atoms with Crippen LogP contribution in [0, 0.1) is 6.92 Å². The number of hydrogen-bond acceptors (Lipinski definition) is 3. The molecule has 0 saturated carbocycles. The number of rotatable bonds is 7. The van der Waals surface area contributed by atoms with E-state index in [4.69, 9.17) is 5.73 Å². The van der Waals surface area contributed by atoms with E-state index in [-0.39, 0.29) is 0 Å². The van der Waals surface area contributed by atoms with Gasteiger partial charge in [0.2, 0.25) is 0 Å². The Kier molecular flexibility index (Phi) is 5.65. The first-order chi connectivity index (χ1) is 8.13. The minimum atomic E-state index is 0.309. The molecule has 0 amide bonds. The molecule has 1 heterocycles. The zero-order chi connectivity index (χ0) is 12.8. The van der Waals surface area contributed by atoms with Crippen LogP contribution in [0.15, 0.2) is 6.20 Å². The maximum absolute atomic E-state index is 5.97. The number of hydrogen-bond donors (Lipinski definition) is 1. The van der Waals surface area contributed by atoms with Gasteiger partial charge in [0.25, 0.3) is 0 Å². The molecule has 17 heavy (non-hydrogen) atoms.